The predicted octanol–water partition coefficient (Wildman–Crippen LogP) is 4.61. The van der Waals surface area contributed by atoms with E-state index in [-0.39, 0.29) is 0 Å². The number of halogens is 2. The van der Waals surface area contributed by atoms with E-state index >= 15 is 0 Å². The first-order valence-electron chi connectivity index (χ1n) is 7.76. The zero-order chi connectivity index (χ0) is 18.9. The van der Waals surface area contributed by atoms with Crippen molar-refractivity contribution < 1.29 is 15.7 Å². The topological polar surface area (TPSA) is 9.72 Å². The van der Waals surface area contributed by atoms with Crippen molar-refractivity contribution in [2.45, 2.75) is 34.1 Å². The van der Waals surface area contributed by atoms with Crippen LogP contribution >= 0.6 is 19.2 Å². The summed E-state index contributed by atoms with van der Waals surface area (Å²) in [5.74, 6) is 7.53. The van der Waals surface area contributed by atoms with Crippen molar-refractivity contribution in [1.82, 2.24) is 14.7 Å². The first-order chi connectivity index (χ1) is 11.1. The van der Waals surface area contributed by atoms with E-state index in [4.69, 9.17) is 19.2 Å². The van der Waals surface area contributed by atoms with Gasteiger partial charge in [-0.15, -0.1) is 0 Å². The molecule has 0 aromatic carbocycles. The second-order valence-electron chi connectivity index (χ2n) is 6.20. The van der Waals surface area contributed by atoms with Crippen LogP contribution in [-0.4, -0.2) is 49.4 Å². The second-order valence-corrected chi connectivity index (χ2v) is 9.66. The van der Waals surface area contributed by atoms with Gasteiger partial charge in [-0.2, -0.15) is 0 Å². The Hall–Kier alpha value is 0.529. The molecule has 2 aliphatic rings. The van der Waals surface area contributed by atoms with E-state index in [9.17, 15) is 0 Å². The molecule has 6 heteroatoms. The van der Waals surface area contributed by atoms with Crippen molar-refractivity contribution >= 4 is 19.2 Å². The van der Waals surface area contributed by atoms with Crippen LogP contribution in [0.4, 0.5) is 0 Å². The first-order valence-corrected chi connectivity index (χ1v) is 13.7. The average molecular weight is 552 g/mol. The molecule has 0 aromatic rings. The minimum atomic E-state index is -0.556. The fraction of sp³-hybridized carbons (Fsp3) is 0.556. The Labute approximate surface area is 166 Å². The van der Waals surface area contributed by atoms with E-state index < -0.39 is 15.7 Å². The molecule has 1 fully saturated rings. The van der Waals surface area contributed by atoms with Crippen molar-refractivity contribution in [1.29, 1.82) is 0 Å². The van der Waals surface area contributed by atoms with Gasteiger partial charge in [-0.3, -0.25) is 0 Å². The standard InChI is InChI=1S/C13H22N.C5H8N2.2ClH.Ir/c1-9-10(2)12(4)13(11(9)3)7-8-14(5)6;1-6-3-4-7(2)5-6;;;/h7-8H2,1-6H3;3-4H,1-2H3;2*1H;/q;;;;+3/p-2. The average Bonchev–Trinajstić information content (AvgIpc) is 2.96. The molecule has 1 heterocycles. The second kappa shape index (κ2) is 12.8. The molecule has 3 nitrogen and oxygen atoms in total. The first kappa shape index (κ1) is 24.5. The molecular weight excluding hydrogens is 521 g/mol. The van der Waals surface area contributed by atoms with Crippen LogP contribution in [0, 0.1) is 36.3 Å². The van der Waals surface area contributed by atoms with Crippen LogP contribution < -0.4 is 0 Å². The van der Waals surface area contributed by atoms with Gasteiger partial charge in [0.25, 0.3) is 0 Å². The van der Waals surface area contributed by atoms with Gasteiger partial charge in [0, 0.05) is 26.5 Å². The van der Waals surface area contributed by atoms with Crippen LogP contribution in [0.3, 0.4) is 0 Å². The number of nitrogens with zero attached hydrogens (tertiary/aromatic N) is 3. The van der Waals surface area contributed by atoms with Gasteiger partial charge in [0.05, 0.1) is 0 Å². The van der Waals surface area contributed by atoms with Crippen LogP contribution in [-0.2, 0) is 15.7 Å². The SMILES string of the molecule is CN1[C]N(C)C=C1.C[C]1[C](C)[C](C)[C](CCN(C)C)[C]1C.[Cl][Ir+][Cl]. The third-order valence-corrected chi connectivity index (χ3v) is 4.23. The van der Waals surface area contributed by atoms with E-state index in [1.165, 1.54) is 30.1 Å². The van der Waals surface area contributed by atoms with E-state index in [2.05, 4.69) is 53.4 Å². The monoisotopic (exact) mass is 551 g/mol. The molecule has 0 spiro atoms. The van der Waals surface area contributed by atoms with Crippen molar-refractivity contribution in [2.75, 3.05) is 34.7 Å². The Bertz CT molecular complexity index is 331. The van der Waals surface area contributed by atoms with Crippen molar-refractivity contribution in [3.8, 4) is 0 Å². The zero-order valence-corrected chi connectivity index (χ0v) is 19.9. The van der Waals surface area contributed by atoms with E-state index in [0.29, 0.717) is 0 Å². The molecule has 0 N–H and O–H groups in total. The third-order valence-electron chi connectivity index (χ3n) is 4.23. The van der Waals surface area contributed by atoms with Crippen molar-refractivity contribution in [3.63, 3.8) is 0 Å². The summed E-state index contributed by atoms with van der Waals surface area (Å²) in [6.07, 6.45) is 5.07. The molecular formula is C18H30Cl2IrN3+. The van der Waals surface area contributed by atoms with Crippen LogP contribution in [0.2, 0.25) is 0 Å². The van der Waals surface area contributed by atoms with Crippen LogP contribution in [0.25, 0.3) is 0 Å². The number of hydrogen-bond donors (Lipinski definition) is 0. The van der Waals surface area contributed by atoms with E-state index in [0.717, 1.165) is 6.54 Å². The molecule has 2 rings (SSSR count). The summed E-state index contributed by atoms with van der Waals surface area (Å²) in [5, 5.41) is 0. The Kier molecular flexibility index (Phi) is 13.1. The van der Waals surface area contributed by atoms with Crippen LogP contribution in [0.1, 0.15) is 34.1 Å². The quantitative estimate of drug-likeness (QED) is 0.508. The molecule has 0 atom stereocenters. The molecule has 0 saturated heterocycles. The van der Waals surface area contributed by atoms with Gasteiger partial charge in [0.1, 0.15) is 0 Å². The van der Waals surface area contributed by atoms with Gasteiger partial charge in [0.2, 0.25) is 6.67 Å². The summed E-state index contributed by atoms with van der Waals surface area (Å²) in [6, 6.07) is 0. The minimum absolute atomic E-state index is 0.556. The summed E-state index contributed by atoms with van der Waals surface area (Å²) < 4.78 is 0. The summed E-state index contributed by atoms with van der Waals surface area (Å²) in [6.45, 7) is 13.1. The van der Waals surface area contributed by atoms with Crippen molar-refractivity contribution in [2.24, 2.45) is 0 Å². The summed E-state index contributed by atoms with van der Waals surface area (Å²) in [7, 11) is 17.9. The maximum atomic E-state index is 4.89. The van der Waals surface area contributed by atoms with Gasteiger partial charge in [-0.1, -0.05) is 27.7 Å². The fourth-order valence-corrected chi connectivity index (χ4v) is 2.52. The van der Waals surface area contributed by atoms with Gasteiger partial charge in [-0.05, 0) is 56.7 Å². The fourth-order valence-electron chi connectivity index (χ4n) is 2.52. The van der Waals surface area contributed by atoms with Gasteiger partial charge in [0.15, 0.2) is 0 Å². The van der Waals surface area contributed by atoms with Crippen LogP contribution in [0.5, 0.6) is 0 Å². The Balaban J connectivity index is 0.000000439. The molecule has 139 valence electrons. The molecule has 1 saturated carbocycles. The molecule has 0 amide bonds. The van der Waals surface area contributed by atoms with E-state index in [1.807, 2.05) is 36.3 Å². The molecule has 0 bridgehead atoms. The Morgan fingerprint density at radius 3 is 1.54 bits per heavy atom. The van der Waals surface area contributed by atoms with Gasteiger partial charge >= 0.3 is 34.8 Å². The Morgan fingerprint density at radius 1 is 0.917 bits per heavy atom. The predicted molar refractivity (Wildman–Crippen MR) is 102 cm³/mol. The van der Waals surface area contributed by atoms with Crippen molar-refractivity contribution in [3.05, 3.63) is 48.7 Å². The molecule has 7 radical (unpaired) electrons. The van der Waals surface area contributed by atoms with E-state index in [1.54, 1.807) is 5.92 Å². The normalized spacial score (nSPS) is 20.6. The summed E-state index contributed by atoms with van der Waals surface area (Å²) in [4.78, 5) is 6.00. The molecule has 0 aromatic heterocycles. The summed E-state index contributed by atoms with van der Waals surface area (Å²) >= 11 is -0.556. The number of hydrogen-bond acceptors (Lipinski definition) is 3. The van der Waals surface area contributed by atoms with Crippen LogP contribution in [0.15, 0.2) is 12.4 Å². The number of rotatable bonds is 3. The van der Waals surface area contributed by atoms with Gasteiger partial charge in [-0.25, -0.2) is 0 Å². The Morgan fingerprint density at radius 2 is 1.29 bits per heavy atom. The molecule has 0 unspecified atom stereocenters. The summed E-state index contributed by atoms with van der Waals surface area (Å²) in [5.41, 5.74) is 0. The zero-order valence-electron chi connectivity index (χ0n) is 16.0. The maximum absolute atomic E-state index is 4.89. The third kappa shape index (κ3) is 8.76. The van der Waals surface area contributed by atoms with Gasteiger partial charge < -0.3 is 14.7 Å². The molecule has 24 heavy (non-hydrogen) atoms. The molecule has 1 aliphatic carbocycles. The molecule has 1 aliphatic heterocycles.